The molecule has 156 valence electrons. The molecule has 0 saturated carbocycles. The fourth-order valence-corrected chi connectivity index (χ4v) is 3.57. The first-order chi connectivity index (χ1) is 15.1. The SMILES string of the molecule is O=C(CNC(=O)c1ccccc1Cl)N[C@@H](Cc1ccccc1)c1nc2ccccc2[nH]1. The zero-order chi connectivity index (χ0) is 21.6. The molecule has 0 radical (unpaired) electrons. The Kier molecular flexibility index (Phi) is 6.29. The lowest BCUT2D eigenvalue weighted by molar-refractivity contribution is -0.120. The number of hydrogen-bond donors (Lipinski definition) is 3. The van der Waals surface area contributed by atoms with E-state index in [0.29, 0.717) is 22.8 Å². The summed E-state index contributed by atoms with van der Waals surface area (Å²) in [5.74, 6) is -0.0540. The average molecular weight is 433 g/mol. The number of nitrogens with zero attached hydrogens (tertiary/aromatic N) is 1. The molecular formula is C24H21ClN4O2. The van der Waals surface area contributed by atoms with Gasteiger partial charge in [0.25, 0.3) is 5.91 Å². The normalized spacial score (nSPS) is 11.8. The fraction of sp³-hybridized carbons (Fsp3) is 0.125. The fourth-order valence-electron chi connectivity index (χ4n) is 3.35. The van der Waals surface area contributed by atoms with E-state index in [1.165, 1.54) is 0 Å². The zero-order valence-electron chi connectivity index (χ0n) is 16.6. The lowest BCUT2D eigenvalue weighted by Gasteiger charge is -2.17. The van der Waals surface area contributed by atoms with Crippen molar-refractivity contribution in [2.24, 2.45) is 0 Å². The van der Waals surface area contributed by atoms with Crippen molar-refractivity contribution < 1.29 is 9.59 Å². The third-order valence-corrected chi connectivity index (χ3v) is 5.21. The lowest BCUT2D eigenvalue weighted by atomic mass is 10.1. The number of aromatic nitrogens is 2. The van der Waals surface area contributed by atoms with Crippen LogP contribution in [0.3, 0.4) is 0 Å². The van der Waals surface area contributed by atoms with Gasteiger partial charge >= 0.3 is 0 Å². The summed E-state index contributed by atoms with van der Waals surface area (Å²) < 4.78 is 0. The highest BCUT2D eigenvalue weighted by Crippen LogP contribution is 2.20. The third-order valence-electron chi connectivity index (χ3n) is 4.88. The van der Waals surface area contributed by atoms with Crippen molar-refractivity contribution in [1.29, 1.82) is 0 Å². The van der Waals surface area contributed by atoms with Crippen molar-refractivity contribution in [3.63, 3.8) is 0 Å². The number of rotatable bonds is 7. The largest absolute Gasteiger partial charge is 0.344 e. The van der Waals surface area contributed by atoms with E-state index in [0.717, 1.165) is 16.6 Å². The standard InChI is InChI=1S/C24H21ClN4O2/c25-18-11-5-4-10-17(18)24(31)26-15-22(30)27-21(14-16-8-2-1-3-9-16)23-28-19-12-6-7-13-20(19)29-23/h1-13,21H,14-15H2,(H,26,31)(H,27,30)(H,28,29)/t21-/m0/s1. The molecule has 0 unspecified atom stereocenters. The predicted molar refractivity (Wildman–Crippen MR) is 121 cm³/mol. The molecule has 1 heterocycles. The van der Waals surface area contributed by atoms with Crippen molar-refractivity contribution in [3.05, 3.63) is 101 Å². The van der Waals surface area contributed by atoms with Crippen LogP contribution in [0.2, 0.25) is 5.02 Å². The van der Waals surface area contributed by atoms with E-state index >= 15 is 0 Å². The van der Waals surface area contributed by atoms with E-state index in [9.17, 15) is 9.59 Å². The van der Waals surface area contributed by atoms with Crippen LogP contribution >= 0.6 is 11.6 Å². The van der Waals surface area contributed by atoms with Gasteiger partial charge in [0.15, 0.2) is 0 Å². The molecule has 3 aromatic carbocycles. The van der Waals surface area contributed by atoms with E-state index in [1.807, 2.05) is 54.6 Å². The molecule has 0 spiro atoms. The van der Waals surface area contributed by atoms with Crippen LogP contribution in [0.25, 0.3) is 11.0 Å². The van der Waals surface area contributed by atoms with Gasteiger partial charge < -0.3 is 15.6 Å². The molecule has 4 rings (SSSR count). The highest BCUT2D eigenvalue weighted by molar-refractivity contribution is 6.33. The van der Waals surface area contributed by atoms with Gasteiger partial charge in [0, 0.05) is 0 Å². The molecule has 3 N–H and O–H groups in total. The Labute approximate surface area is 184 Å². The first-order valence-electron chi connectivity index (χ1n) is 9.91. The molecule has 1 atom stereocenters. The Morgan fingerprint density at radius 3 is 2.42 bits per heavy atom. The van der Waals surface area contributed by atoms with Gasteiger partial charge in [-0.05, 0) is 36.2 Å². The van der Waals surface area contributed by atoms with E-state index < -0.39 is 5.91 Å². The van der Waals surface area contributed by atoms with Gasteiger partial charge in [0.1, 0.15) is 5.82 Å². The highest BCUT2D eigenvalue weighted by Gasteiger charge is 2.20. The van der Waals surface area contributed by atoms with Crippen LogP contribution in [-0.4, -0.2) is 28.3 Å². The van der Waals surface area contributed by atoms with Gasteiger partial charge in [0.2, 0.25) is 5.91 Å². The summed E-state index contributed by atoms with van der Waals surface area (Å²) in [7, 11) is 0. The number of carbonyl (C=O) groups is 2. The van der Waals surface area contributed by atoms with Crippen molar-refractivity contribution in [2.75, 3.05) is 6.54 Å². The molecule has 4 aromatic rings. The molecule has 7 heteroatoms. The van der Waals surface area contributed by atoms with Gasteiger partial charge in [0.05, 0.1) is 34.2 Å². The minimum absolute atomic E-state index is 0.171. The number of para-hydroxylation sites is 2. The number of amides is 2. The van der Waals surface area contributed by atoms with Gasteiger partial charge in [-0.1, -0.05) is 66.2 Å². The topological polar surface area (TPSA) is 86.9 Å². The summed E-state index contributed by atoms with van der Waals surface area (Å²) in [4.78, 5) is 32.9. The summed E-state index contributed by atoms with van der Waals surface area (Å²) in [5.41, 5.74) is 3.12. The second-order valence-electron chi connectivity index (χ2n) is 7.11. The summed E-state index contributed by atoms with van der Waals surface area (Å²) in [6, 6.07) is 23.9. The Hall–Kier alpha value is -3.64. The monoisotopic (exact) mass is 432 g/mol. The third kappa shape index (κ3) is 5.10. The number of halogens is 1. The molecule has 0 aliphatic rings. The van der Waals surface area contributed by atoms with E-state index in [4.69, 9.17) is 11.6 Å². The second kappa shape index (κ2) is 9.45. The number of fused-ring (bicyclic) bond motifs is 1. The zero-order valence-corrected chi connectivity index (χ0v) is 17.4. The van der Waals surface area contributed by atoms with Gasteiger partial charge in [-0.2, -0.15) is 0 Å². The lowest BCUT2D eigenvalue weighted by Crippen LogP contribution is -2.39. The summed E-state index contributed by atoms with van der Waals surface area (Å²) in [5, 5.41) is 5.94. The van der Waals surface area contributed by atoms with E-state index in [-0.39, 0.29) is 18.5 Å². The minimum Gasteiger partial charge on any atom is -0.344 e. The Balaban J connectivity index is 1.48. The Morgan fingerprint density at radius 1 is 0.935 bits per heavy atom. The first kappa shape index (κ1) is 20.6. The first-order valence-corrected chi connectivity index (χ1v) is 10.3. The van der Waals surface area contributed by atoms with Crippen LogP contribution < -0.4 is 10.6 Å². The van der Waals surface area contributed by atoms with Gasteiger partial charge in [-0.25, -0.2) is 4.98 Å². The van der Waals surface area contributed by atoms with Crippen LogP contribution in [0.15, 0.2) is 78.9 Å². The van der Waals surface area contributed by atoms with Crippen LogP contribution in [0.4, 0.5) is 0 Å². The average Bonchev–Trinajstić information content (AvgIpc) is 3.22. The maximum absolute atomic E-state index is 12.7. The van der Waals surface area contributed by atoms with Crippen molar-refractivity contribution in [3.8, 4) is 0 Å². The summed E-state index contributed by atoms with van der Waals surface area (Å²) >= 11 is 6.05. The number of benzene rings is 3. The summed E-state index contributed by atoms with van der Waals surface area (Å²) in [6.45, 7) is -0.171. The molecular weight excluding hydrogens is 412 g/mol. The molecule has 2 amide bonds. The molecule has 6 nitrogen and oxygen atoms in total. The molecule has 1 aromatic heterocycles. The quantitative estimate of drug-likeness (QED) is 0.412. The number of H-pyrrole nitrogens is 1. The van der Waals surface area contributed by atoms with Crippen molar-refractivity contribution in [1.82, 2.24) is 20.6 Å². The molecule has 0 aliphatic heterocycles. The van der Waals surface area contributed by atoms with Crippen LogP contribution in [0.1, 0.15) is 27.8 Å². The molecule has 0 saturated heterocycles. The maximum Gasteiger partial charge on any atom is 0.253 e. The van der Waals surface area contributed by atoms with Gasteiger partial charge in [-0.3, -0.25) is 9.59 Å². The van der Waals surface area contributed by atoms with Crippen LogP contribution in [-0.2, 0) is 11.2 Å². The molecule has 0 aliphatic carbocycles. The Morgan fingerprint density at radius 2 is 1.65 bits per heavy atom. The second-order valence-corrected chi connectivity index (χ2v) is 7.52. The van der Waals surface area contributed by atoms with Crippen molar-refractivity contribution >= 4 is 34.4 Å². The smallest absolute Gasteiger partial charge is 0.253 e. The predicted octanol–water partition coefficient (Wildman–Crippen LogP) is 4.05. The minimum atomic E-state index is -0.399. The van der Waals surface area contributed by atoms with E-state index in [2.05, 4.69) is 20.6 Å². The number of aromatic amines is 1. The maximum atomic E-state index is 12.7. The van der Waals surface area contributed by atoms with Gasteiger partial charge in [-0.15, -0.1) is 0 Å². The highest BCUT2D eigenvalue weighted by atomic mass is 35.5. The molecule has 31 heavy (non-hydrogen) atoms. The van der Waals surface area contributed by atoms with E-state index in [1.54, 1.807) is 24.3 Å². The number of imidazole rings is 1. The van der Waals surface area contributed by atoms with Crippen LogP contribution in [0.5, 0.6) is 0 Å². The van der Waals surface area contributed by atoms with Crippen LogP contribution in [0, 0.1) is 0 Å². The number of hydrogen-bond acceptors (Lipinski definition) is 3. The Bertz CT molecular complexity index is 1170. The molecule has 0 fully saturated rings. The van der Waals surface area contributed by atoms with Crippen molar-refractivity contribution in [2.45, 2.75) is 12.5 Å². The number of nitrogens with one attached hydrogen (secondary N) is 3. The number of carbonyl (C=O) groups excluding carboxylic acids is 2. The summed E-state index contributed by atoms with van der Waals surface area (Å²) in [6.07, 6.45) is 0.560. The molecule has 0 bridgehead atoms.